The molecule has 0 aliphatic rings. The summed E-state index contributed by atoms with van der Waals surface area (Å²) in [4.78, 5) is 18.0. The Morgan fingerprint density at radius 2 is 2.00 bits per heavy atom. The minimum absolute atomic E-state index is 0.0275. The Hall–Kier alpha value is -2.34. The number of guanidine groups is 1. The van der Waals surface area contributed by atoms with Gasteiger partial charge in [0.25, 0.3) is 5.91 Å². The molecule has 1 aromatic carbocycles. The molecular formula is C22H32N4OS. The molecule has 0 saturated carbocycles. The van der Waals surface area contributed by atoms with E-state index < -0.39 is 0 Å². The third-order valence-corrected chi connectivity index (χ3v) is 5.98. The maximum Gasteiger partial charge on any atom is 0.251 e. The third kappa shape index (κ3) is 6.37. The molecule has 0 bridgehead atoms. The summed E-state index contributed by atoms with van der Waals surface area (Å²) in [6.07, 6.45) is 0.913. The molecule has 0 saturated heterocycles. The van der Waals surface area contributed by atoms with Gasteiger partial charge in [-0.2, -0.15) is 0 Å². The normalized spacial score (nSPS) is 13.1. The van der Waals surface area contributed by atoms with Crippen molar-refractivity contribution in [2.75, 3.05) is 13.6 Å². The standard InChI is InChI=1S/C22H32N4OS/c1-6-16(2)26-20(27)18-10-7-9-17(13-18)14-24-21(23-5)25-15-22(3,4)19-11-8-12-28-19/h7-13,16H,6,14-15H2,1-5H3,(H,26,27)(H2,23,24,25). The van der Waals surface area contributed by atoms with Gasteiger partial charge in [-0.25, -0.2) is 0 Å². The molecule has 28 heavy (non-hydrogen) atoms. The van der Waals surface area contributed by atoms with Gasteiger partial charge >= 0.3 is 0 Å². The van der Waals surface area contributed by atoms with E-state index in [4.69, 9.17) is 0 Å². The second-order valence-corrected chi connectivity index (χ2v) is 8.57. The van der Waals surface area contributed by atoms with Crippen LogP contribution >= 0.6 is 11.3 Å². The zero-order valence-corrected chi connectivity index (χ0v) is 18.3. The van der Waals surface area contributed by atoms with Gasteiger partial charge in [-0.15, -0.1) is 11.3 Å². The van der Waals surface area contributed by atoms with E-state index in [0.29, 0.717) is 12.1 Å². The fourth-order valence-electron chi connectivity index (χ4n) is 2.69. The molecule has 1 amide bonds. The van der Waals surface area contributed by atoms with Crippen LogP contribution in [0, 0.1) is 0 Å². The molecule has 0 aliphatic heterocycles. The van der Waals surface area contributed by atoms with Crippen LogP contribution in [0.15, 0.2) is 46.8 Å². The number of carbonyl (C=O) groups is 1. The highest BCUT2D eigenvalue weighted by Crippen LogP contribution is 2.26. The van der Waals surface area contributed by atoms with E-state index in [1.54, 1.807) is 18.4 Å². The fourth-order valence-corrected chi connectivity index (χ4v) is 3.55. The monoisotopic (exact) mass is 400 g/mol. The summed E-state index contributed by atoms with van der Waals surface area (Å²) in [6.45, 7) is 9.89. The van der Waals surface area contributed by atoms with E-state index in [1.807, 2.05) is 31.2 Å². The molecule has 1 atom stereocenters. The van der Waals surface area contributed by atoms with E-state index in [-0.39, 0.29) is 17.4 Å². The smallest absolute Gasteiger partial charge is 0.251 e. The molecule has 0 radical (unpaired) electrons. The zero-order valence-electron chi connectivity index (χ0n) is 17.5. The molecule has 5 nitrogen and oxygen atoms in total. The predicted octanol–water partition coefficient (Wildman–Crippen LogP) is 3.92. The summed E-state index contributed by atoms with van der Waals surface area (Å²) in [5.74, 6) is 0.718. The first-order valence-corrected chi connectivity index (χ1v) is 10.6. The van der Waals surface area contributed by atoms with Gasteiger partial charge in [0, 0.05) is 42.0 Å². The van der Waals surface area contributed by atoms with Crippen molar-refractivity contribution in [2.24, 2.45) is 4.99 Å². The molecule has 0 fully saturated rings. The lowest BCUT2D eigenvalue weighted by Crippen LogP contribution is -2.43. The van der Waals surface area contributed by atoms with Gasteiger partial charge in [0.2, 0.25) is 0 Å². The lowest BCUT2D eigenvalue weighted by Gasteiger charge is -2.25. The SMILES string of the molecule is CCC(C)NC(=O)c1cccc(CNC(=NC)NCC(C)(C)c2cccs2)c1. The number of thiophene rings is 1. The van der Waals surface area contributed by atoms with Gasteiger partial charge < -0.3 is 16.0 Å². The summed E-state index contributed by atoms with van der Waals surface area (Å²) in [6, 6.07) is 12.1. The largest absolute Gasteiger partial charge is 0.356 e. The Labute approximate surface area is 172 Å². The first kappa shape index (κ1) is 22.0. The maximum absolute atomic E-state index is 12.3. The minimum atomic E-state index is -0.0311. The van der Waals surface area contributed by atoms with Crippen LogP contribution in [0.25, 0.3) is 0 Å². The number of benzene rings is 1. The molecule has 0 spiro atoms. The highest BCUT2D eigenvalue weighted by Gasteiger charge is 2.21. The number of amides is 1. The van der Waals surface area contributed by atoms with Crippen LogP contribution in [-0.2, 0) is 12.0 Å². The number of hydrogen-bond acceptors (Lipinski definition) is 3. The highest BCUT2D eigenvalue weighted by molar-refractivity contribution is 7.10. The number of nitrogens with one attached hydrogen (secondary N) is 3. The molecule has 2 aromatic rings. The van der Waals surface area contributed by atoms with Gasteiger partial charge in [-0.3, -0.25) is 9.79 Å². The molecular weight excluding hydrogens is 368 g/mol. The van der Waals surface area contributed by atoms with E-state index in [1.165, 1.54) is 4.88 Å². The zero-order chi connectivity index (χ0) is 20.6. The summed E-state index contributed by atoms with van der Waals surface area (Å²) >= 11 is 1.77. The van der Waals surface area contributed by atoms with Crippen molar-refractivity contribution in [3.63, 3.8) is 0 Å². The average molecular weight is 401 g/mol. The Kier molecular flexibility index (Phi) is 8.05. The Morgan fingerprint density at radius 3 is 2.64 bits per heavy atom. The number of carbonyl (C=O) groups excluding carboxylic acids is 1. The van der Waals surface area contributed by atoms with Crippen molar-refractivity contribution >= 4 is 23.2 Å². The Bertz CT molecular complexity index is 784. The van der Waals surface area contributed by atoms with E-state index in [9.17, 15) is 4.79 Å². The van der Waals surface area contributed by atoms with E-state index in [2.05, 4.69) is 59.2 Å². The van der Waals surface area contributed by atoms with Crippen molar-refractivity contribution in [2.45, 2.75) is 52.1 Å². The van der Waals surface area contributed by atoms with Crippen LogP contribution in [0.4, 0.5) is 0 Å². The van der Waals surface area contributed by atoms with Crippen LogP contribution in [0.1, 0.15) is 54.9 Å². The quantitative estimate of drug-likeness (QED) is 0.465. The third-order valence-electron chi connectivity index (χ3n) is 4.75. The number of hydrogen-bond donors (Lipinski definition) is 3. The van der Waals surface area contributed by atoms with E-state index in [0.717, 1.165) is 24.5 Å². The number of nitrogens with zero attached hydrogens (tertiary/aromatic N) is 1. The Morgan fingerprint density at radius 1 is 1.21 bits per heavy atom. The lowest BCUT2D eigenvalue weighted by atomic mass is 9.91. The van der Waals surface area contributed by atoms with Crippen LogP contribution in [0.5, 0.6) is 0 Å². The summed E-state index contributed by atoms with van der Waals surface area (Å²) in [5.41, 5.74) is 1.75. The van der Waals surface area contributed by atoms with Gasteiger partial charge in [-0.05, 0) is 42.5 Å². The minimum Gasteiger partial charge on any atom is -0.356 e. The van der Waals surface area contributed by atoms with E-state index >= 15 is 0 Å². The highest BCUT2D eigenvalue weighted by atomic mass is 32.1. The van der Waals surface area contributed by atoms with Gasteiger partial charge in [0.05, 0.1) is 0 Å². The van der Waals surface area contributed by atoms with Gasteiger partial charge in [0.1, 0.15) is 0 Å². The molecule has 1 heterocycles. The lowest BCUT2D eigenvalue weighted by molar-refractivity contribution is 0.0939. The van der Waals surface area contributed by atoms with Crippen LogP contribution in [0.2, 0.25) is 0 Å². The molecule has 1 unspecified atom stereocenters. The summed E-state index contributed by atoms with van der Waals surface area (Å²) < 4.78 is 0. The van der Waals surface area contributed by atoms with Crippen LogP contribution in [-0.4, -0.2) is 31.5 Å². The van der Waals surface area contributed by atoms with Gasteiger partial charge in [-0.1, -0.05) is 39.0 Å². The summed E-state index contributed by atoms with van der Waals surface area (Å²) in [7, 11) is 1.77. The first-order chi connectivity index (χ1) is 13.4. The molecule has 0 aliphatic carbocycles. The predicted molar refractivity (Wildman–Crippen MR) is 119 cm³/mol. The Balaban J connectivity index is 1.91. The van der Waals surface area contributed by atoms with Crippen molar-refractivity contribution < 1.29 is 4.79 Å². The number of aliphatic imine (C=N–C) groups is 1. The second-order valence-electron chi connectivity index (χ2n) is 7.62. The molecule has 6 heteroatoms. The van der Waals surface area contributed by atoms with Gasteiger partial charge in [0.15, 0.2) is 5.96 Å². The first-order valence-electron chi connectivity index (χ1n) is 9.74. The van der Waals surface area contributed by atoms with Crippen LogP contribution < -0.4 is 16.0 Å². The van der Waals surface area contributed by atoms with Crippen molar-refractivity contribution in [3.8, 4) is 0 Å². The van der Waals surface area contributed by atoms with Crippen molar-refractivity contribution in [1.82, 2.24) is 16.0 Å². The maximum atomic E-state index is 12.3. The fraction of sp³-hybridized carbons (Fsp3) is 0.455. The molecule has 2 rings (SSSR count). The van der Waals surface area contributed by atoms with Crippen molar-refractivity contribution in [3.05, 3.63) is 57.8 Å². The second kappa shape index (κ2) is 10.3. The molecule has 152 valence electrons. The molecule has 1 aromatic heterocycles. The number of rotatable bonds is 8. The topological polar surface area (TPSA) is 65.5 Å². The molecule has 3 N–H and O–H groups in total. The van der Waals surface area contributed by atoms with Crippen molar-refractivity contribution in [1.29, 1.82) is 0 Å². The average Bonchev–Trinajstić information content (AvgIpc) is 3.24. The summed E-state index contributed by atoms with van der Waals surface area (Å²) in [5, 5.41) is 11.8. The van der Waals surface area contributed by atoms with Crippen LogP contribution in [0.3, 0.4) is 0 Å².